The lowest BCUT2D eigenvalue weighted by molar-refractivity contribution is -0.890. The summed E-state index contributed by atoms with van der Waals surface area (Å²) in [5, 5.41) is 8.93. The molecule has 1 N–H and O–H groups in total. The second-order valence-electron chi connectivity index (χ2n) is 9.58. The third-order valence-corrected chi connectivity index (χ3v) is 6.33. The van der Waals surface area contributed by atoms with Crippen LogP contribution in [0, 0.1) is 0 Å². The summed E-state index contributed by atoms with van der Waals surface area (Å²) in [7, 11) is 0.161. The lowest BCUT2D eigenvalue weighted by Gasteiger charge is -2.29. The summed E-state index contributed by atoms with van der Waals surface area (Å²) in [6.07, 6.45) is 23.9. The van der Waals surface area contributed by atoms with Crippen LogP contribution in [0.1, 0.15) is 123 Å². The highest BCUT2D eigenvalue weighted by molar-refractivity contribution is 7.80. The van der Waals surface area contributed by atoms with Gasteiger partial charge in [0.15, 0.2) is 0 Å². The topological polar surface area (TPSA) is 86.7 Å². The van der Waals surface area contributed by atoms with E-state index in [-0.39, 0.29) is 6.61 Å². The van der Waals surface area contributed by atoms with Crippen molar-refractivity contribution in [3.63, 3.8) is 0 Å². The summed E-state index contributed by atoms with van der Waals surface area (Å²) >= 11 is 0. The minimum absolute atomic E-state index is 0.0914. The summed E-state index contributed by atoms with van der Waals surface area (Å²) < 4.78 is 33.1. The van der Waals surface area contributed by atoms with Crippen molar-refractivity contribution in [3.8, 4) is 0 Å². The van der Waals surface area contributed by atoms with Crippen molar-refractivity contribution in [2.75, 3.05) is 40.4 Å². The largest absolute Gasteiger partial charge is 0.726 e. The van der Waals surface area contributed by atoms with Crippen LogP contribution < -0.4 is 0 Å². The molecule has 7 heteroatoms. The number of aliphatic hydroxyl groups is 1. The Hall–Kier alpha value is -0.210. The Labute approximate surface area is 200 Å². The number of hydrogen-bond donors (Lipinski definition) is 1. The van der Waals surface area contributed by atoms with Gasteiger partial charge in [-0.15, -0.1) is 0 Å². The van der Waals surface area contributed by atoms with Crippen LogP contribution in [-0.2, 0) is 14.6 Å². The van der Waals surface area contributed by atoms with Crippen LogP contribution in [0.2, 0.25) is 0 Å². The van der Waals surface area contributed by atoms with Crippen molar-refractivity contribution in [2.24, 2.45) is 0 Å². The predicted octanol–water partition coefficient (Wildman–Crippen LogP) is 6.19. The van der Waals surface area contributed by atoms with Crippen molar-refractivity contribution in [2.45, 2.75) is 123 Å². The lowest BCUT2D eigenvalue weighted by atomic mass is 10.0. The van der Waals surface area contributed by atoms with E-state index in [9.17, 15) is 13.0 Å². The first kappa shape index (κ1) is 34.0. The van der Waals surface area contributed by atoms with Gasteiger partial charge in [0.1, 0.15) is 0 Å². The highest BCUT2D eigenvalue weighted by atomic mass is 32.3. The standard InChI is InChI=1S/C23H50NO.C2H6O4S/c1-4-5-6-7-8-9-10-11-12-13-14-15-16-17-18-19-21-24(2,3)22-20-23-25;1-2-6-7(3,4)5/h25H,4-23H2,1-3H3;2H2,1H3,(H,3,4,5)/q+1;/p-1. The molecule has 196 valence electrons. The molecule has 0 aliphatic heterocycles. The molecule has 0 aliphatic rings. The van der Waals surface area contributed by atoms with Gasteiger partial charge in [0.05, 0.1) is 33.8 Å². The van der Waals surface area contributed by atoms with Crippen molar-refractivity contribution >= 4 is 10.4 Å². The first-order chi connectivity index (χ1) is 15.2. The maximum atomic E-state index is 9.45. The Balaban J connectivity index is 0. The van der Waals surface area contributed by atoms with Crippen molar-refractivity contribution in [3.05, 3.63) is 0 Å². The zero-order valence-electron chi connectivity index (χ0n) is 21.8. The quantitative estimate of drug-likeness (QED) is 0.0862. The minimum atomic E-state index is -4.42. The molecule has 0 amide bonds. The maximum absolute atomic E-state index is 9.45. The number of hydrogen-bond acceptors (Lipinski definition) is 5. The molecule has 0 radical (unpaired) electrons. The van der Waals surface area contributed by atoms with Crippen LogP contribution in [0.25, 0.3) is 0 Å². The van der Waals surface area contributed by atoms with Crippen LogP contribution in [0.4, 0.5) is 0 Å². The SMILES string of the molecule is CCCCCCCCCCCCCCCCCC[N+](C)(C)CCCO.CCOS(=O)(=O)[O-]. The summed E-state index contributed by atoms with van der Waals surface area (Å²) in [6.45, 7) is 6.33. The smallest absolute Gasteiger partial charge is 0.217 e. The molecule has 0 aromatic carbocycles. The molecule has 0 aliphatic carbocycles. The molecule has 0 spiro atoms. The first-order valence-electron chi connectivity index (χ1n) is 13.2. The average molecular weight is 482 g/mol. The molecule has 0 aromatic heterocycles. The molecule has 32 heavy (non-hydrogen) atoms. The van der Waals surface area contributed by atoms with Gasteiger partial charge < -0.3 is 14.1 Å². The molecule has 0 rings (SSSR count). The van der Waals surface area contributed by atoms with E-state index in [0.717, 1.165) is 17.4 Å². The molecule has 0 aromatic rings. The van der Waals surface area contributed by atoms with Crippen LogP contribution in [0.5, 0.6) is 0 Å². The maximum Gasteiger partial charge on any atom is 0.217 e. The lowest BCUT2D eigenvalue weighted by Crippen LogP contribution is -2.41. The summed E-state index contributed by atoms with van der Waals surface area (Å²) in [5.74, 6) is 0. The van der Waals surface area contributed by atoms with E-state index in [1.165, 1.54) is 116 Å². The molecule has 6 nitrogen and oxygen atoms in total. The van der Waals surface area contributed by atoms with E-state index in [1.54, 1.807) is 0 Å². The Morgan fingerprint density at radius 3 is 1.28 bits per heavy atom. The third kappa shape index (κ3) is 32.0. The van der Waals surface area contributed by atoms with Crippen LogP contribution in [0.15, 0.2) is 0 Å². The molecule has 0 atom stereocenters. The molecular weight excluding hydrogens is 426 g/mol. The zero-order chi connectivity index (χ0) is 24.6. The number of unbranched alkanes of at least 4 members (excludes halogenated alkanes) is 15. The van der Waals surface area contributed by atoms with Gasteiger partial charge in [0, 0.05) is 13.0 Å². The van der Waals surface area contributed by atoms with Gasteiger partial charge in [-0.2, -0.15) is 0 Å². The summed E-state index contributed by atoms with van der Waals surface area (Å²) in [4.78, 5) is 0. The Bertz CT molecular complexity index is 469. The average Bonchev–Trinajstić information content (AvgIpc) is 2.71. The molecular formula is C25H55NO5S. The first-order valence-corrected chi connectivity index (χ1v) is 14.5. The van der Waals surface area contributed by atoms with E-state index in [4.69, 9.17) is 5.11 Å². The van der Waals surface area contributed by atoms with Crippen LogP contribution >= 0.6 is 0 Å². The number of rotatable bonds is 22. The van der Waals surface area contributed by atoms with E-state index in [2.05, 4.69) is 25.2 Å². The number of quaternary nitrogens is 1. The molecule has 0 unspecified atom stereocenters. The van der Waals surface area contributed by atoms with E-state index < -0.39 is 10.4 Å². The molecule has 0 saturated carbocycles. The van der Waals surface area contributed by atoms with Gasteiger partial charge in [0.2, 0.25) is 10.4 Å². The summed E-state index contributed by atoms with van der Waals surface area (Å²) in [5.41, 5.74) is 0. The van der Waals surface area contributed by atoms with Crippen LogP contribution in [-0.4, -0.2) is 63.0 Å². The van der Waals surface area contributed by atoms with Crippen molar-refractivity contribution in [1.82, 2.24) is 0 Å². The molecule has 0 fully saturated rings. The number of nitrogens with zero attached hydrogens (tertiary/aromatic N) is 1. The second kappa shape index (κ2) is 23.9. The van der Waals surface area contributed by atoms with Gasteiger partial charge in [-0.3, -0.25) is 4.18 Å². The molecule has 0 bridgehead atoms. The van der Waals surface area contributed by atoms with Gasteiger partial charge in [-0.05, 0) is 19.8 Å². The summed E-state index contributed by atoms with van der Waals surface area (Å²) in [6, 6.07) is 0. The van der Waals surface area contributed by atoms with Gasteiger partial charge >= 0.3 is 0 Å². The van der Waals surface area contributed by atoms with Gasteiger partial charge in [-0.25, -0.2) is 8.42 Å². The van der Waals surface area contributed by atoms with Crippen LogP contribution in [0.3, 0.4) is 0 Å². The Morgan fingerprint density at radius 2 is 1.00 bits per heavy atom. The van der Waals surface area contributed by atoms with E-state index in [1.807, 2.05) is 0 Å². The normalized spacial score (nSPS) is 11.9. The fraction of sp³-hybridized carbons (Fsp3) is 1.00. The fourth-order valence-electron chi connectivity index (χ4n) is 3.84. The Kier molecular flexibility index (Phi) is 25.4. The third-order valence-electron chi connectivity index (χ3n) is 5.80. The van der Waals surface area contributed by atoms with Crippen molar-refractivity contribution < 1.29 is 26.7 Å². The van der Waals surface area contributed by atoms with Gasteiger partial charge in [0.25, 0.3) is 0 Å². The second-order valence-corrected chi connectivity index (χ2v) is 10.6. The van der Waals surface area contributed by atoms with Gasteiger partial charge in [-0.1, -0.05) is 96.8 Å². The fourth-order valence-corrected chi connectivity index (χ4v) is 4.13. The van der Waals surface area contributed by atoms with Crippen molar-refractivity contribution in [1.29, 1.82) is 0 Å². The Morgan fingerprint density at radius 1 is 0.656 bits per heavy atom. The molecule has 0 saturated heterocycles. The number of aliphatic hydroxyl groups excluding tert-OH is 1. The highest BCUT2D eigenvalue weighted by Crippen LogP contribution is 2.14. The molecule has 0 heterocycles. The van der Waals surface area contributed by atoms with E-state index in [0.29, 0.717) is 6.61 Å². The predicted molar refractivity (Wildman–Crippen MR) is 134 cm³/mol. The monoisotopic (exact) mass is 481 g/mol. The minimum Gasteiger partial charge on any atom is -0.726 e. The highest BCUT2D eigenvalue weighted by Gasteiger charge is 2.13. The zero-order valence-corrected chi connectivity index (χ0v) is 22.6. The van der Waals surface area contributed by atoms with E-state index >= 15 is 0 Å².